The first-order chi connectivity index (χ1) is 17.8. The van der Waals surface area contributed by atoms with Crippen molar-refractivity contribution in [1.29, 1.82) is 0 Å². The number of hydrogen-bond acceptors (Lipinski definition) is 4. The molecule has 12 heteroatoms. The van der Waals surface area contributed by atoms with E-state index in [0.717, 1.165) is 33.6 Å². The van der Waals surface area contributed by atoms with E-state index in [4.69, 9.17) is 9.11 Å². The molecule has 0 radical (unpaired) electrons. The van der Waals surface area contributed by atoms with Crippen molar-refractivity contribution < 1.29 is 66.8 Å². The Hall–Kier alpha value is -2.38. The Morgan fingerprint density at radius 1 is 0.550 bits per heavy atom. The molecule has 0 atom stereocenters. The fraction of sp³-hybridized carbons (Fsp3) is 0.143. The van der Waals surface area contributed by atoms with Gasteiger partial charge < -0.3 is 10.6 Å². The Kier molecular flexibility index (Phi) is 20.4. The van der Waals surface area contributed by atoms with Crippen LogP contribution in [0.2, 0.25) is 0 Å². The molecule has 0 spiro atoms. The van der Waals surface area contributed by atoms with Crippen molar-refractivity contribution in [2.75, 3.05) is 26.6 Å². The summed E-state index contributed by atoms with van der Waals surface area (Å²) in [6.07, 6.45) is 1.43. The number of para-hydroxylation sites is 2. The summed E-state index contributed by atoms with van der Waals surface area (Å²) >= 11 is 0. The van der Waals surface area contributed by atoms with Gasteiger partial charge in [0.05, 0.1) is 12.5 Å². The van der Waals surface area contributed by atoms with E-state index < -0.39 is 20.2 Å². The molecular weight excluding hydrogens is 737 g/mol. The van der Waals surface area contributed by atoms with Crippen LogP contribution in [-0.2, 0) is 61.1 Å². The Bertz CT molecular complexity index is 1330. The molecule has 0 amide bonds. The van der Waals surface area contributed by atoms with Crippen molar-refractivity contribution in [3.63, 3.8) is 0 Å². The molecule has 2 N–H and O–H groups in total. The van der Waals surface area contributed by atoms with Crippen LogP contribution < -0.4 is 0 Å². The van der Waals surface area contributed by atoms with Crippen molar-refractivity contribution in [1.82, 2.24) is 0 Å². The minimum Gasteiger partial charge on any atom is -0.694 e. The second-order valence-corrected chi connectivity index (χ2v) is 10.4. The van der Waals surface area contributed by atoms with E-state index in [0.29, 0.717) is 12.5 Å². The standard InChI is InChI=1S/2C13H11N.2CH4O3S.2Pd/c2*1-14-13-10-6-5-9-12(13)11-7-3-2-4-8-11;2*1-5(2,3)4;;/h2*2-7,9-10H,1H3;2*1H3,(H,2,3,4);;/q2*-2;;;2*+2. The summed E-state index contributed by atoms with van der Waals surface area (Å²) in [5.41, 5.74) is 6.47. The van der Waals surface area contributed by atoms with Gasteiger partial charge in [0.15, 0.2) is 0 Å². The Balaban J connectivity index is 0. The number of hydrogen-bond donors (Lipinski definition) is 2. The van der Waals surface area contributed by atoms with Crippen molar-refractivity contribution >= 4 is 31.6 Å². The summed E-state index contributed by atoms with van der Waals surface area (Å²) in [5, 5.41) is 8.45. The molecule has 40 heavy (non-hydrogen) atoms. The first-order valence-corrected chi connectivity index (χ1v) is 14.7. The van der Waals surface area contributed by atoms with Crippen LogP contribution in [0.5, 0.6) is 0 Å². The van der Waals surface area contributed by atoms with Gasteiger partial charge in [-0.3, -0.25) is 9.11 Å². The van der Waals surface area contributed by atoms with E-state index in [1.54, 1.807) is 0 Å². The first kappa shape index (κ1) is 39.8. The van der Waals surface area contributed by atoms with E-state index in [-0.39, 0.29) is 40.8 Å². The van der Waals surface area contributed by atoms with E-state index in [9.17, 15) is 16.8 Å². The number of benzene rings is 4. The summed E-state index contributed by atoms with van der Waals surface area (Å²) in [5.74, 6) is 0. The molecule has 4 aromatic rings. The average Bonchev–Trinajstić information content (AvgIpc) is 2.88. The fourth-order valence-corrected chi connectivity index (χ4v) is 2.91. The van der Waals surface area contributed by atoms with Gasteiger partial charge in [0, 0.05) is 0 Å². The van der Waals surface area contributed by atoms with Gasteiger partial charge in [0.1, 0.15) is 0 Å². The number of nitrogens with zero attached hydrogens (tertiary/aromatic N) is 2. The SMILES string of the molecule is CS(=O)(=O)O.CS(=O)(=O)O.C[N-]c1ccccc1-c1[c-]cccc1.C[N-]c1ccccc1-c1[c-]cccc1.[Pd+2].[Pd+2]. The zero-order chi connectivity index (χ0) is 28.6. The molecule has 0 aliphatic heterocycles. The minimum atomic E-state index is -3.67. The van der Waals surface area contributed by atoms with Crippen LogP contribution >= 0.6 is 0 Å². The van der Waals surface area contributed by atoms with Crippen LogP contribution in [0.3, 0.4) is 0 Å². The van der Waals surface area contributed by atoms with Crippen LogP contribution in [0.15, 0.2) is 97.1 Å². The van der Waals surface area contributed by atoms with Gasteiger partial charge in [-0.2, -0.15) is 28.2 Å². The zero-order valence-corrected chi connectivity index (χ0v) is 26.9. The third-order valence-corrected chi connectivity index (χ3v) is 4.29. The minimum absolute atomic E-state index is 0. The van der Waals surface area contributed by atoms with Crippen LogP contribution in [0.25, 0.3) is 32.9 Å². The van der Waals surface area contributed by atoms with Crippen molar-refractivity contribution in [3.8, 4) is 22.3 Å². The van der Waals surface area contributed by atoms with E-state index in [2.05, 4.69) is 34.9 Å². The van der Waals surface area contributed by atoms with Gasteiger partial charge in [0.25, 0.3) is 20.2 Å². The molecule has 0 aromatic heterocycles. The van der Waals surface area contributed by atoms with E-state index in [1.807, 2.05) is 99.0 Å². The van der Waals surface area contributed by atoms with Crippen LogP contribution in [0.1, 0.15) is 0 Å². The molecule has 0 heterocycles. The van der Waals surface area contributed by atoms with E-state index >= 15 is 0 Å². The fourth-order valence-electron chi connectivity index (χ4n) is 2.91. The van der Waals surface area contributed by atoms with Gasteiger partial charge in [-0.1, -0.05) is 48.5 Å². The van der Waals surface area contributed by atoms with Crippen LogP contribution in [0, 0.1) is 12.1 Å². The molecule has 0 bridgehead atoms. The molecule has 0 fully saturated rings. The predicted molar refractivity (Wildman–Crippen MR) is 154 cm³/mol. The second-order valence-electron chi connectivity index (χ2n) is 7.50. The van der Waals surface area contributed by atoms with Gasteiger partial charge in [-0.05, 0) is 0 Å². The van der Waals surface area contributed by atoms with Crippen molar-refractivity contribution in [3.05, 3.63) is 120 Å². The van der Waals surface area contributed by atoms with E-state index in [1.165, 1.54) is 0 Å². The van der Waals surface area contributed by atoms with Gasteiger partial charge >= 0.3 is 40.8 Å². The molecule has 0 aliphatic rings. The summed E-state index contributed by atoms with van der Waals surface area (Å²) in [4.78, 5) is 0. The number of rotatable bonds is 4. The van der Waals surface area contributed by atoms with Crippen molar-refractivity contribution in [2.45, 2.75) is 0 Å². The maximum Gasteiger partial charge on any atom is 2.00 e. The quantitative estimate of drug-likeness (QED) is 0.137. The smallest absolute Gasteiger partial charge is 0.694 e. The second kappa shape index (κ2) is 20.5. The summed E-state index contributed by atoms with van der Waals surface area (Å²) < 4.78 is 51.7. The van der Waals surface area contributed by atoms with Crippen LogP contribution in [-0.4, -0.2) is 52.5 Å². The largest absolute Gasteiger partial charge is 2.00 e. The molecule has 0 saturated carbocycles. The van der Waals surface area contributed by atoms with Gasteiger partial charge in [-0.15, -0.1) is 97.0 Å². The van der Waals surface area contributed by atoms with Crippen molar-refractivity contribution in [2.24, 2.45) is 0 Å². The first-order valence-electron chi connectivity index (χ1n) is 11.0. The average molecular weight is 768 g/mol. The molecule has 0 unspecified atom stereocenters. The summed E-state index contributed by atoms with van der Waals surface area (Å²) in [7, 11) is -3.72. The Morgan fingerprint density at radius 3 is 1.07 bits per heavy atom. The maximum atomic E-state index is 9.19. The van der Waals surface area contributed by atoms with Gasteiger partial charge in [-0.25, -0.2) is 0 Å². The van der Waals surface area contributed by atoms with Crippen LogP contribution in [0.4, 0.5) is 11.4 Å². The summed E-state index contributed by atoms with van der Waals surface area (Å²) in [6.45, 7) is 0. The molecule has 4 aromatic carbocycles. The Morgan fingerprint density at radius 2 is 0.825 bits per heavy atom. The normalized spacial score (nSPS) is 9.75. The van der Waals surface area contributed by atoms with Gasteiger partial charge in [0.2, 0.25) is 0 Å². The third-order valence-electron chi connectivity index (χ3n) is 4.29. The molecular formula is C28H30N2O6Pd2S2. The summed E-state index contributed by atoms with van der Waals surface area (Å²) in [6, 6.07) is 38.5. The molecule has 0 saturated heterocycles. The molecule has 0 aliphatic carbocycles. The zero-order valence-electron chi connectivity index (χ0n) is 22.1. The Labute approximate surface area is 265 Å². The molecule has 220 valence electrons. The maximum absolute atomic E-state index is 9.19. The third kappa shape index (κ3) is 18.8. The topological polar surface area (TPSA) is 137 Å². The molecule has 4 rings (SSSR count). The molecule has 8 nitrogen and oxygen atoms in total. The predicted octanol–water partition coefficient (Wildman–Crippen LogP) is 6.58. The monoisotopic (exact) mass is 766 g/mol.